The van der Waals surface area contributed by atoms with Crippen LogP contribution >= 0.6 is 0 Å². The van der Waals surface area contributed by atoms with Gasteiger partial charge in [0.2, 0.25) is 0 Å². The Morgan fingerprint density at radius 3 is 1.53 bits per heavy atom. The van der Waals surface area contributed by atoms with Gasteiger partial charge in [-0.1, -0.05) is 0 Å². The third kappa shape index (κ3) is 24.6. The van der Waals surface area contributed by atoms with Crippen molar-refractivity contribution in [2.24, 2.45) is 0 Å². The molecule has 5 heteroatoms. The number of phenolic OH excluding ortho intramolecular Hbond substituents is 1. The zero-order valence-corrected chi connectivity index (χ0v) is 18.9. The van der Waals surface area contributed by atoms with Crippen LogP contribution in [0.15, 0.2) is 12.1 Å². The molecule has 0 unspecified atom stereocenters. The van der Waals surface area contributed by atoms with Gasteiger partial charge in [-0.3, -0.25) is 22.5 Å². The maximum absolute atomic E-state index is 10.2. The first-order chi connectivity index (χ1) is 5.18. The summed E-state index contributed by atoms with van der Waals surface area (Å²) in [6.45, 7) is 0. The number of carboxylic acids is 1. The van der Waals surface area contributed by atoms with Gasteiger partial charge in [-0.05, 0) is 6.42 Å². The number of aromatic hydroxyl groups is 1. The quantitative estimate of drug-likeness (QED) is 0.589. The SMILES string of the molecule is O=C(O)Cc1c[c-]c(O)[c-]c1.[CH3-].[CH3-].[CH3-].[CH3-].[CH3-].[CH3-].[Ce+4].[Ce+4]. The number of benzene rings is 1. The molecule has 0 aliphatic carbocycles. The minimum absolute atomic E-state index is 0. The summed E-state index contributed by atoms with van der Waals surface area (Å²) in [5.41, 5.74) is 0.579. The Kier molecular flexibility index (Phi) is 72.5. The van der Waals surface area contributed by atoms with Gasteiger partial charge in [-0.2, -0.15) is 0 Å². The van der Waals surface area contributed by atoms with E-state index in [2.05, 4.69) is 12.1 Å². The molecule has 0 saturated heterocycles. The monoisotopic (exact) mass is 520 g/mol. The summed E-state index contributed by atoms with van der Waals surface area (Å²) in [6.07, 6.45) is -0.0622. The van der Waals surface area contributed by atoms with E-state index in [1.54, 1.807) is 0 Å². The third-order valence-corrected chi connectivity index (χ3v) is 1.14. The molecule has 1 aromatic rings. The Hall–Kier alpha value is 1.24. The molecule has 0 aliphatic heterocycles. The van der Waals surface area contributed by atoms with Crippen LogP contribution in [-0.2, 0) is 11.2 Å². The molecule has 1 aromatic carbocycles. The molecule has 0 heterocycles. The molecule has 19 heavy (non-hydrogen) atoms. The van der Waals surface area contributed by atoms with Crippen LogP contribution < -0.4 is 0 Å². The van der Waals surface area contributed by atoms with Crippen LogP contribution in [0.1, 0.15) is 5.56 Å². The van der Waals surface area contributed by atoms with Crippen LogP contribution in [0.4, 0.5) is 0 Å². The maximum atomic E-state index is 10.2. The first-order valence-corrected chi connectivity index (χ1v) is 3.01. The van der Waals surface area contributed by atoms with Crippen LogP contribution in [0.2, 0.25) is 0 Å². The van der Waals surface area contributed by atoms with E-state index in [9.17, 15) is 4.79 Å². The molecule has 0 spiro atoms. The van der Waals surface area contributed by atoms with Crippen molar-refractivity contribution in [1.82, 2.24) is 0 Å². The van der Waals surface area contributed by atoms with E-state index in [0.29, 0.717) is 5.56 Å². The van der Waals surface area contributed by atoms with Crippen LogP contribution in [0.5, 0.6) is 5.75 Å². The smallest absolute Gasteiger partial charge is 0.559 e. The minimum atomic E-state index is -0.905. The van der Waals surface area contributed by atoms with Gasteiger partial charge >= 0.3 is 83.5 Å². The maximum Gasteiger partial charge on any atom is 4.00 e. The Balaban J connectivity index is -0.0000000252. The normalized spacial score (nSPS) is 5.47. The number of rotatable bonds is 2. The number of aliphatic carboxylic acids is 1. The number of carboxylic acid groups (broad SMARTS) is 1. The van der Waals surface area contributed by atoms with Crippen molar-refractivity contribution in [3.8, 4) is 5.75 Å². The predicted molar refractivity (Wildman–Crippen MR) is 75.6 cm³/mol. The van der Waals surface area contributed by atoms with Crippen molar-refractivity contribution >= 4 is 5.97 Å². The van der Waals surface area contributed by atoms with Crippen LogP contribution in [0, 0.1) is 140 Å². The zero-order valence-electron chi connectivity index (χ0n) is 12.7. The first kappa shape index (κ1) is 50.0. The van der Waals surface area contributed by atoms with E-state index < -0.39 is 5.97 Å². The molecule has 3 nitrogen and oxygen atoms in total. The van der Waals surface area contributed by atoms with E-state index in [4.69, 9.17) is 10.2 Å². The Bertz CT molecular complexity index is 262. The van der Waals surface area contributed by atoms with E-state index in [1.165, 1.54) is 12.1 Å². The average molecular weight is 521 g/mol. The fourth-order valence-electron chi connectivity index (χ4n) is 0.682. The second-order valence-electron chi connectivity index (χ2n) is 2.07. The molecule has 0 fully saturated rings. The third-order valence-electron chi connectivity index (χ3n) is 1.14. The minimum Gasteiger partial charge on any atom is -0.559 e. The number of carbonyl (C=O) groups is 1. The molecule has 1 rings (SSSR count). The summed E-state index contributed by atoms with van der Waals surface area (Å²) < 4.78 is 0. The van der Waals surface area contributed by atoms with Gasteiger partial charge in [0.25, 0.3) is 5.97 Å². The van der Waals surface area contributed by atoms with E-state index >= 15 is 0 Å². The molecule has 0 aliphatic rings. The molecule has 2 N–H and O–H groups in total. The summed E-state index contributed by atoms with van der Waals surface area (Å²) in [7, 11) is 0. The average Bonchev–Trinajstić information content (AvgIpc) is 1.93. The predicted octanol–water partition coefficient (Wildman–Crippen LogP) is 3.32. The fraction of sp³-hybridized carbons (Fsp3) is 0.0714. The number of hydrogen-bond donors (Lipinski definition) is 2. The van der Waals surface area contributed by atoms with Gasteiger partial charge in [0.05, 0.1) is 0 Å². The number of hydrogen-bond acceptors (Lipinski definition) is 2. The summed E-state index contributed by atoms with van der Waals surface area (Å²) in [5, 5.41) is 17.1. The summed E-state index contributed by atoms with van der Waals surface area (Å²) in [4.78, 5) is 10.2. The zero-order chi connectivity index (χ0) is 8.27. The van der Waals surface area contributed by atoms with E-state index in [0.717, 1.165) is 0 Å². The molecule has 0 amide bonds. The standard InChI is InChI=1S/C8H6O3.6CH3.2Ce/c9-7-3-1-6(2-4-7)5-8(10)11;;;;;;;;/h1-2,9H,5H2,(H,10,11);6*1H3;;/q-2;6*-1;2*+4. The first-order valence-electron chi connectivity index (χ1n) is 3.01. The Morgan fingerprint density at radius 1 is 0.947 bits per heavy atom. The molecule has 0 bridgehead atoms. The van der Waals surface area contributed by atoms with Gasteiger partial charge in [-0.25, -0.2) is 0 Å². The van der Waals surface area contributed by atoms with Crippen LogP contribution in [0.3, 0.4) is 0 Å². The summed E-state index contributed by atoms with van der Waals surface area (Å²) >= 11 is 0. The van der Waals surface area contributed by atoms with Gasteiger partial charge in [-0.15, -0.1) is 5.75 Å². The van der Waals surface area contributed by atoms with Gasteiger partial charge < -0.3 is 66.9 Å². The fourth-order valence-corrected chi connectivity index (χ4v) is 0.682. The Morgan fingerprint density at radius 2 is 1.26 bits per heavy atom. The van der Waals surface area contributed by atoms with Gasteiger partial charge in [0, 0.05) is 0 Å². The summed E-state index contributed by atoms with van der Waals surface area (Å²) in [6, 6.07) is 7.74. The van der Waals surface area contributed by atoms with E-state index in [1.807, 2.05) is 0 Å². The second-order valence-corrected chi connectivity index (χ2v) is 2.07. The van der Waals surface area contributed by atoms with Gasteiger partial charge in [0.15, 0.2) is 0 Å². The second kappa shape index (κ2) is 27.6. The topological polar surface area (TPSA) is 57.5 Å². The van der Waals surface area contributed by atoms with Crippen molar-refractivity contribution in [2.75, 3.05) is 0 Å². The van der Waals surface area contributed by atoms with E-state index in [-0.39, 0.29) is 140 Å². The van der Waals surface area contributed by atoms with Crippen LogP contribution in [0.25, 0.3) is 0 Å². The van der Waals surface area contributed by atoms with Crippen molar-refractivity contribution in [3.05, 3.63) is 74.4 Å². The van der Waals surface area contributed by atoms with Crippen molar-refractivity contribution in [1.29, 1.82) is 0 Å². The van der Waals surface area contributed by atoms with Crippen LogP contribution in [-0.4, -0.2) is 16.2 Å². The largest absolute Gasteiger partial charge is 4.00 e. The molecule has 106 valence electrons. The van der Waals surface area contributed by atoms with Crippen molar-refractivity contribution in [3.63, 3.8) is 0 Å². The van der Waals surface area contributed by atoms with Crippen molar-refractivity contribution < 1.29 is 98.5 Å². The summed E-state index contributed by atoms with van der Waals surface area (Å²) in [5.74, 6) is -1.00. The molecular weight excluding hydrogens is 496 g/mol. The molecule has 0 atom stereocenters. The van der Waals surface area contributed by atoms with Gasteiger partial charge in [0.1, 0.15) is 0 Å². The molecule has 0 saturated carbocycles. The van der Waals surface area contributed by atoms with Crippen molar-refractivity contribution in [2.45, 2.75) is 6.42 Å². The Labute approximate surface area is 188 Å². The molecular formula is C14H24Ce2O3. The molecule has 0 aromatic heterocycles. The molecule has 0 radical (unpaired) electrons. The number of phenols is 1.